The lowest BCUT2D eigenvalue weighted by Gasteiger charge is -2.08. The molecule has 0 aliphatic rings. The molecule has 0 bridgehead atoms. The first-order valence-corrected chi connectivity index (χ1v) is 7.35. The van der Waals surface area contributed by atoms with E-state index in [9.17, 15) is 23.6 Å². The van der Waals surface area contributed by atoms with Gasteiger partial charge in [0.1, 0.15) is 5.75 Å². The minimum absolute atomic E-state index is 0.0925. The highest BCUT2D eigenvalue weighted by Crippen LogP contribution is 2.24. The van der Waals surface area contributed by atoms with Gasteiger partial charge in [-0.3, -0.25) is 14.8 Å². The van der Waals surface area contributed by atoms with Crippen molar-refractivity contribution in [1.82, 2.24) is 0 Å². The van der Waals surface area contributed by atoms with Crippen LogP contribution in [-0.4, -0.2) is 18.4 Å². The lowest BCUT2D eigenvalue weighted by Crippen LogP contribution is -2.13. The summed E-state index contributed by atoms with van der Waals surface area (Å²) in [6.07, 6.45) is 0. The van der Waals surface area contributed by atoms with Crippen molar-refractivity contribution >= 4 is 21.4 Å². The summed E-state index contributed by atoms with van der Waals surface area (Å²) < 4.78 is 26.6. The van der Waals surface area contributed by atoms with Crippen molar-refractivity contribution < 1.29 is 18.4 Å². The van der Waals surface area contributed by atoms with E-state index in [0.717, 1.165) is 6.07 Å². The second-order valence-corrected chi connectivity index (χ2v) is 6.04. The normalized spacial score (nSPS) is 11.1. The van der Waals surface area contributed by atoms with Gasteiger partial charge in [0.15, 0.2) is 0 Å². The van der Waals surface area contributed by atoms with Gasteiger partial charge in [-0.15, -0.1) is 0 Å². The number of nitrogens with zero attached hydrogens (tertiary/aromatic N) is 1. The van der Waals surface area contributed by atoms with E-state index in [-0.39, 0.29) is 22.0 Å². The van der Waals surface area contributed by atoms with E-state index in [1.54, 1.807) is 0 Å². The Hall–Kier alpha value is -2.61. The lowest BCUT2D eigenvalue weighted by atomic mass is 10.2. The molecular formula is C13H12N2O5S. The van der Waals surface area contributed by atoms with Gasteiger partial charge in [-0.1, -0.05) is 12.1 Å². The number of phenols is 1. The third-order valence-electron chi connectivity index (χ3n) is 2.79. The first-order chi connectivity index (χ1) is 9.79. The standard InChI is InChI=1S/C13H12N2O5S/c1-9-5-6-12(8-13(9)15(17)18)21(19,20)14-10-3-2-4-11(16)7-10/h2-8,14,16H,1H3. The van der Waals surface area contributed by atoms with Gasteiger partial charge in [-0.05, 0) is 25.1 Å². The monoisotopic (exact) mass is 308 g/mol. The summed E-state index contributed by atoms with van der Waals surface area (Å²) in [7, 11) is -3.97. The Morgan fingerprint density at radius 1 is 1.19 bits per heavy atom. The van der Waals surface area contributed by atoms with Crippen molar-refractivity contribution in [2.24, 2.45) is 0 Å². The molecule has 0 saturated carbocycles. The largest absolute Gasteiger partial charge is 0.508 e. The summed E-state index contributed by atoms with van der Waals surface area (Å²) in [6.45, 7) is 1.52. The Kier molecular flexibility index (Phi) is 3.81. The predicted molar refractivity (Wildman–Crippen MR) is 76.7 cm³/mol. The van der Waals surface area contributed by atoms with Gasteiger partial charge in [0.2, 0.25) is 0 Å². The van der Waals surface area contributed by atoms with Crippen LogP contribution >= 0.6 is 0 Å². The Morgan fingerprint density at radius 2 is 1.90 bits per heavy atom. The van der Waals surface area contributed by atoms with Crippen LogP contribution < -0.4 is 4.72 Å². The highest BCUT2D eigenvalue weighted by molar-refractivity contribution is 7.92. The Bertz CT molecular complexity index is 802. The van der Waals surface area contributed by atoms with Gasteiger partial charge in [0, 0.05) is 17.7 Å². The number of benzene rings is 2. The number of nitrogens with one attached hydrogen (secondary N) is 1. The topological polar surface area (TPSA) is 110 Å². The number of hydrogen-bond donors (Lipinski definition) is 2. The average Bonchev–Trinajstić information content (AvgIpc) is 2.38. The van der Waals surface area contributed by atoms with E-state index in [0.29, 0.717) is 5.56 Å². The van der Waals surface area contributed by atoms with Crippen LogP contribution in [0.25, 0.3) is 0 Å². The first kappa shape index (κ1) is 14.8. The number of anilines is 1. The fourth-order valence-electron chi connectivity index (χ4n) is 1.74. The molecule has 0 spiro atoms. The molecule has 0 atom stereocenters. The van der Waals surface area contributed by atoms with Crippen molar-refractivity contribution in [2.75, 3.05) is 4.72 Å². The minimum Gasteiger partial charge on any atom is -0.508 e. The number of phenolic OH excluding ortho intramolecular Hbond substituents is 1. The molecule has 0 saturated heterocycles. The van der Waals surface area contributed by atoms with E-state index in [4.69, 9.17) is 0 Å². The predicted octanol–water partition coefficient (Wildman–Crippen LogP) is 2.41. The van der Waals surface area contributed by atoms with Crippen LogP contribution in [0.3, 0.4) is 0 Å². The molecule has 0 aliphatic carbocycles. The smallest absolute Gasteiger partial charge is 0.273 e. The molecule has 8 heteroatoms. The third-order valence-corrected chi connectivity index (χ3v) is 4.16. The van der Waals surface area contributed by atoms with E-state index >= 15 is 0 Å². The fourth-order valence-corrected chi connectivity index (χ4v) is 2.81. The second kappa shape index (κ2) is 5.41. The van der Waals surface area contributed by atoms with Crippen LogP contribution in [0.5, 0.6) is 5.75 Å². The van der Waals surface area contributed by atoms with E-state index in [1.165, 1.54) is 43.3 Å². The fraction of sp³-hybridized carbons (Fsp3) is 0.0769. The zero-order valence-electron chi connectivity index (χ0n) is 11.0. The number of nitro benzene ring substituents is 1. The molecule has 7 nitrogen and oxygen atoms in total. The van der Waals surface area contributed by atoms with Crippen LogP contribution in [0, 0.1) is 17.0 Å². The number of rotatable bonds is 4. The van der Waals surface area contributed by atoms with Crippen molar-refractivity contribution in [3.63, 3.8) is 0 Å². The molecule has 0 unspecified atom stereocenters. The molecule has 21 heavy (non-hydrogen) atoms. The van der Waals surface area contributed by atoms with Gasteiger partial charge < -0.3 is 5.11 Å². The highest BCUT2D eigenvalue weighted by Gasteiger charge is 2.19. The summed E-state index contributed by atoms with van der Waals surface area (Å²) in [4.78, 5) is 10.0. The summed E-state index contributed by atoms with van der Waals surface area (Å²) in [5, 5.41) is 20.2. The van der Waals surface area contributed by atoms with Crippen LogP contribution in [0.2, 0.25) is 0 Å². The zero-order valence-corrected chi connectivity index (χ0v) is 11.8. The van der Waals surface area contributed by atoms with Crippen molar-refractivity contribution in [1.29, 1.82) is 0 Å². The van der Waals surface area contributed by atoms with Crippen molar-refractivity contribution in [2.45, 2.75) is 11.8 Å². The van der Waals surface area contributed by atoms with E-state index < -0.39 is 14.9 Å². The van der Waals surface area contributed by atoms with E-state index in [1.807, 2.05) is 0 Å². The summed E-state index contributed by atoms with van der Waals surface area (Å²) >= 11 is 0. The molecule has 0 aromatic heterocycles. The molecule has 110 valence electrons. The van der Waals surface area contributed by atoms with Crippen molar-refractivity contribution in [3.05, 3.63) is 58.1 Å². The van der Waals surface area contributed by atoms with Crippen LogP contribution in [0.15, 0.2) is 47.4 Å². The van der Waals surface area contributed by atoms with Crippen LogP contribution in [0.4, 0.5) is 11.4 Å². The highest BCUT2D eigenvalue weighted by atomic mass is 32.2. The minimum atomic E-state index is -3.97. The van der Waals surface area contributed by atoms with Gasteiger partial charge in [0.05, 0.1) is 15.5 Å². The zero-order chi connectivity index (χ0) is 15.6. The Labute approximate surface area is 121 Å². The molecule has 0 radical (unpaired) electrons. The number of nitro groups is 1. The van der Waals surface area contributed by atoms with Gasteiger partial charge >= 0.3 is 0 Å². The molecule has 0 heterocycles. The van der Waals surface area contributed by atoms with Gasteiger partial charge in [0.25, 0.3) is 15.7 Å². The molecule has 2 aromatic carbocycles. The molecule has 2 rings (SSSR count). The molecule has 0 fully saturated rings. The average molecular weight is 308 g/mol. The SMILES string of the molecule is Cc1ccc(S(=O)(=O)Nc2cccc(O)c2)cc1[N+](=O)[O-]. The van der Waals surface area contributed by atoms with Gasteiger partial charge in [-0.25, -0.2) is 8.42 Å². The quantitative estimate of drug-likeness (QED) is 0.665. The number of aromatic hydroxyl groups is 1. The number of sulfonamides is 1. The summed E-state index contributed by atoms with van der Waals surface area (Å²) in [5.41, 5.74) is 0.267. The maximum absolute atomic E-state index is 12.2. The Morgan fingerprint density at radius 3 is 2.52 bits per heavy atom. The lowest BCUT2D eigenvalue weighted by molar-refractivity contribution is -0.385. The molecule has 2 aromatic rings. The summed E-state index contributed by atoms with van der Waals surface area (Å²) in [5.74, 6) is -0.0925. The first-order valence-electron chi connectivity index (χ1n) is 5.86. The molecule has 0 amide bonds. The van der Waals surface area contributed by atoms with E-state index in [2.05, 4.69) is 4.72 Å². The summed E-state index contributed by atoms with van der Waals surface area (Å²) in [6, 6.07) is 9.22. The van der Waals surface area contributed by atoms with Crippen LogP contribution in [0.1, 0.15) is 5.56 Å². The van der Waals surface area contributed by atoms with Crippen LogP contribution in [-0.2, 0) is 10.0 Å². The number of hydrogen-bond acceptors (Lipinski definition) is 5. The second-order valence-electron chi connectivity index (χ2n) is 4.36. The Balaban J connectivity index is 2.40. The maximum Gasteiger partial charge on any atom is 0.273 e. The molecule has 2 N–H and O–H groups in total. The molecular weight excluding hydrogens is 296 g/mol. The van der Waals surface area contributed by atoms with Gasteiger partial charge in [-0.2, -0.15) is 0 Å². The number of aryl methyl sites for hydroxylation is 1. The third kappa shape index (κ3) is 3.29. The van der Waals surface area contributed by atoms with Crippen molar-refractivity contribution in [3.8, 4) is 5.75 Å². The molecule has 0 aliphatic heterocycles. The maximum atomic E-state index is 12.2.